The van der Waals surface area contributed by atoms with E-state index in [-0.39, 0.29) is 24.0 Å². The predicted octanol–water partition coefficient (Wildman–Crippen LogP) is 1.78. The zero-order chi connectivity index (χ0) is 17.8. The van der Waals surface area contributed by atoms with Gasteiger partial charge in [-0.05, 0) is 24.3 Å². The monoisotopic (exact) mass is 343 g/mol. The summed E-state index contributed by atoms with van der Waals surface area (Å²) >= 11 is 0. The summed E-state index contributed by atoms with van der Waals surface area (Å²) in [5.41, 5.74) is 2.08. The van der Waals surface area contributed by atoms with Crippen LogP contribution in [-0.4, -0.2) is 38.0 Å². The van der Waals surface area contributed by atoms with E-state index in [9.17, 15) is 9.18 Å². The van der Waals surface area contributed by atoms with Crippen LogP contribution in [0.4, 0.5) is 4.39 Å². The van der Waals surface area contributed by atoms with Gasteiger partial charge in [-0.1, -0.05) is 5.21 Å². The minimum Gasteiger partial charge on any atom is -0.470 e. The van der Waals surface area contributed by atoms with Crippen LogP contribution in [0.1, 0.15) is 16.2 Å². The number of benzene rings is 1. The lowest BCUT2D eigenvalue weighted by Gasteiger charge is -2.07. The van der Waals surface area contributed by atoms with Gasteiger partial charge in [-0.25, -0.2) is 23.8 Å². The molecule has 2 heterocycles. The van der Waals surface area contributed by atoms with E-state index in [1.165, 1.54) is 31.6 Å². The van der Waals surface area contributed by atoms with Crippen LogP contribution >= 0.6 is 0 Å². The maximum Gasteiger partial charge on any atom is 0.358 e. The summed E-state index contributed by atoms with van der Waals surface area (Å²) in [5.74, 6) is -0.668. The van der Waals surface area contributed by atoms with Crippen LogP contribution in [0.5, 0.6) is 5.88 Å². The van der Waals surface area contributed by atoms with Crippen molar-refractivity contribution in [1.82, 2.24) is 25.0 Å². The number of nitrogens with zero attached hydrogens (tertiary/aromatic N) is 5. The van der Waals surface area contributed by atoms with Crippen molar-refractivity contribution in [2.45, 2.75) is 6.61 Å². The molecule has 3 rings (SSSR count). The number of aromatic nitrogens is 5. The molecule has 3 aromatic rings. The minimum atomic E-state index is -0.575. The quantitative estimate of drug-likeness (QED) is 0.652. The molecule has 0 unspecified atom stereocenters. The molecule has 0 radical (unpaired) electrons. The Morgan fingerprint density at radius 3 is 2.60 bits per heavy atom. The molecule has 0 N–H and O–H groups in total. The van der Waals surface area contributed by atoms with Crippen LogP contribution in [0.25, 0.3) is 11.3 Å². The number of hydrogen-bond acceptors (Lipinski definition) is 7. The summed E-state index contributed by atoms with van der Waals surface area (Å²) in [6.45, 7) is 0.127. The topological polar surface area (TPSA) is 92.0 Å². The number of halogens is 1. The summed E-state index contributed by atoms with van der Waals surface area (Å²) in [6, 6.07) is 5.94. The Kier molecular flexibility index (Phi) is 4.64. The normalized spacial score (nSPS) is 10.5. The molecule has 0 aliphatic heterocycles. The number of carbonyl (C=O) groups excluding carboxylic acids is 1. The van der Waals surface area contributed by atoms with Crippen LogP contribution in [-0.2, 0) is 18.4 Å². The standard InChI is InChI=1S/C16H14FN5O3/c1-22-13(15(20-21-22)10-3-5-11(17)6-4-10)9-25-14-8-18-12(7-19-14)16(23)24-2/h3-8H,9H2,1-2H3. The highest BCUT2D eigenvalue weighted by molar-refractivity contribution is 5.86. The largest absolute Gasteiger partial charge is 0.470 e. The smallest absolute Gasteiger partial charge is 0.358 e. The molecule has 128 valence electrons. The maximum atomic E-state index is 13.1. The molecule has 1 aromatic carbocycles. The summed E-state index contributed by atoms with van der Waals surface area (Å²) in [5, 5.41) is 8.06. The number of esters is 1. The van der Waals surface area contributed by atoms with Gasteiger partial charge >= 0.3 is 5.97 Å². The van der Waals surface area contributed by atoms with Crippen LogP contribution in [0, 0.1) is 5.82 Å². The van der Waals surface area contributed by atoms with Crippen LogP contribution < -0.4 is 4.74 Å². The Balaban J connectivity index is 1.76. The average Bonchev–Trinajstić information content (AvgIpc) is 3.01. The highest BCUT2D eigenvalue weighted by atomic mass is 19.1. The second-order valence-corrected chi connectivity index (χ2v) is 5.04. The Bertz CT molecular complexity index is 878. The Hall–Kier alpha value is -3.36. The second-order valence-electron chi connectivity index (χ2n) is 5.04. The molecule has 0 aliphatic rings. The molecule has 0 spiro atoms. The van der Waals surface area contributed by atoms with Gasteiger partial charge in [0.2, 0.25) is 5.88 Å². The van der Waals surface area contributed by atoms with Gasteiger partial charge in [0, 0.05) is 12.6 Å². The van der Waals surface area contributed by atoms with Gasteiger partial charge < -0.3 is 9.47 Å². The van der Waals surface area contributed by atoms with Crippen LogP contribution in [0.2, 0.25) is 0 Å². The van der Waals surface area contributed by atoms with Crippen molar-refractivity contribution in [3.63, 3.8) is 0 Å². The zero-order valence-corrected chi connectivity index (χ0v) is 13.5. The first-order valence-corrected chi connectivity index (χ1v) is 7.26. The van der Waals surface area contributed by atoms with E-state index in [1.54, 1.807) is 23.9 Å². The number of methoxy groups -OCH3 is 1. The highest BCUT2D eigenvalue weighted by Crippen LogP contribution is 2.22. The third-order valence-corrected chi connectivity index (χ3v) is 3.44. The minimum absolute atomic E-state index is 0.0871. The number of ether oxygens (including phenoxy) is 2. The van der Waals surface area contributed by atoms with Crippen molar-refractivity contribution < 1.29 is 18.7 Å². The van der Waals surface area contributed by atoms with Crippen molar-refractivity contribution in [2.75, 3.05) is 7.11 Å². The molecule has 0 saturated heterocycles. The lowest BCUT2D eigenvalue weighted by atomic mass is 10.1. The molecular weight excluding hydrogens is 329 g/mol. The van der Waals surface area contributed by atoms with E-state index >= 15 is 0 Å². The van der Waals surface area contributed by atoms with E-state index in [0.717, 1.165) is 5.56 Å². The number of rotatable bonds is 5. The van der Waals surface area contributed by atoms with Gasteiger partial charge in [0.1, 0.15) is 23.8 Å². The molecule has 8 nitrogen and oxygen atoms in total. The number of aryl methyl sites for hydroxylation is 1. The molecule has 0 saturated carbocycles. The van der Waals surface area contributed by atoms with Crippen molar-refractivity contribution in [1.29, 1.82) is 0 Å². The fraction of sp³-hybridized carbons (Fsp3) is 0.188. The average molecular weight is 343 g/mol. The van der Waals surface area contributed by atoms with Crippen molar-refractivity contribution >= 4 is 5.97 Å². The molecule has 0 amide bonds. The Morgan fingerprint density at radius 1 is 1.20 bits per heavy atom. The third kappa shape index (κ3) is 3.60. The van der Waals surface area contributed by atoms with Gasteiger partial charge in [-0.2, -0.15) is 0 Å². The van der Waals surface area contributed by atoms with Gasteiger partial charge in [0.05, 0.1) is 19.5 Å². The molecule has 0 fully saturated rings. The summed E-state index contributed by atoms with van der Waals surface area (Å²) in [6.07, 6.45) is 2.59. The fourth-order valence-electron chi connectivity index (χ4n) is 2.11. The first-order chi connectivity index (χ1) is 12.1. The summed E-state index contributed by atoms with van der Waals surface area (Å²) in [7, 11) is 2.99. The molecule has 0 aliphatic carbocycles. The Labute approximate surface area is 142 Å². The van der Waals surface area contributed by atoms with Gasteiger partial charge in [0.25, 0.3) is 0 Å². The van der Waals surface area contributed by atoms with Crippen LogP contribution in [0.3, 0.4) is 0 Å². The number of carbonyl (C=O) groups is 1. The SMILES string of the molecule is COC(=O)c1cnc(OCc2c(-c3ccc(F)cc3)nnn2C)cn1. The molecule has 25 heavy (non-hydrogen) atoms. The van der Waals surface area contributed by atoms with E-state index in [0.29, 0.717) is 11.4 Å². The second kappa shape index (κ2) is 7.04. The van der Waals surface area contributed by atoms with E-state index in [4.69, 9.17) is 4.74 Å². The number of hydrogen-bond donors (Lipinski definition) is 0. The van der Waals surface area contributed by atoms with E-state index in [1.807, 2.05) is 0 Å². The zero-order valence-electron chi connectivity index (χ0n) is 13.5. The molecule has 9 heteroatoms. The van der Waals surface area contributed by atoms with Crippen LogP contribution in [0.15, 0.2) is 36.7 Å². The van der Waals surface area contributed by atoms with Crippen molar-refractivity contribution in [3.05, 3.63) is 53.9 Å². The molecule has 0 bridgehead atoms. The first-order valence-electron chi connectivity index (χ1n) is 7.26. The predicted molar refractivity (Wildman–Crippen MR) is 84.1 cm³/mol. The van der Waals surface area contributed by atoms with Gasteiger partial charge in [-0.3, -0.25) is 0 Å². The lowest BCUT2D eigenvalue weighted by molar-refractivity contribution is 0.0593. The Morgan fingerprint density at radius 2 is 1.96 bits per heavy atom. The van der Waals surface area contributed by atoms with Crippen molar-refractivity contribution in [3.8, 4) is 17.1 Å². The van der Waals surface area contributed by atoms with E-state index < -0.39 is 5.97 Å². The van der Waals surface area contributed by atoms with Gasteiger partial charge in [-0.15, -0.1) is 5.10 Å². The van der Waals surface area contributed by atoms with E-state index in [2.05, 4.69) is 25.0 Å². The molecule has 2 aromatic heterocycles. The van der Waals surface area contributed by atoms with Gasteiger partial charge in [0.15, 0.2) is 5.69 Å². The molecule has 0 atom stereocenters. The first kappa shape index (κ1) is 16.5. The fourth-order valence-corrected chi connectivity index (χ4v) is 2.11. The summed E-state index contributed by atoms with van der Waals surface area (Å²) < 4.78 is 24.8. The maximum absolute atomic E-state index is 13.1. The highest BCUT2D eigenvalue weighted by Gasteiger charge is 2.14. The molecular formula is C16H14FN5O3. The lowest BCUT2D eigenvalue weighted by Crippen LogP contribution is -2.08. The summed E-state index contributed by atoms with van der Waals surface area (Å²) in [4.78, 5) is 19.3. The van der Waals surface area contributed by atoms with Crippen molar-refractivity contribution in [2.24, 2.45) is 7.05 Å². The third-order valence-electron chi connectivity index (χ3n) is 3.44.